The fraction of sp³-hybridized carbons (Fsp3) is 0.214. The Labute approximate surface area is 140 Å². The molecule has 1 aromatic carbocycles. The van der Waals surface area contributed by atoms with Crippen LogP contribution in [0.1, 0.15) is 5.69 Å². The number of hydrogen-bond donors (Lipinski definition) is 2. The van der Waals surface area contributed by atoms with Gasteiger partial charge in [-0.25, -0.2) is 14.2 Å². The van der Waals surface area contributed by atoms with Gasteiger partial charge in [0.05, 0.1) is 22.8 Å². The number of carbonyl (C=O) groups excluding carboxylic acids is 2. The first-order valence-electron chi connectivity index (χ1n) is 6.78. The van der Waals surface area contributed by atoms with Crippen LogP contribution in [0.3, 0.4) is 0 Å². The summed E-state index contributed by atoms with van der Waals surface area (Å²) in [6, 6.07) is 4.19. The Morgan fingerprint density at radius 2 is 2.35 bits per heavy atom. The van der Waals surface area contributed by atoms with Gasteiger partial charge in [0, 0.05) is 18.5 Å². The van der Waals surface area contributed by atoms with Crippen molar-refractivity contribution in [2.24, 2.45) is 0 Å². The number of nitrogens with zero attached hydrogens (tertiary/aromatic N) is 2. The third kappa shape index (κ3) is 3.43. The molecule has 0 bridgehead atoms. The summed E-state index contributed by atoms with van der Waals surface area (Å²) >= 11 is 6.95. The van der Waals surface area contributed by atoms with E-state index in [1.54, 1.807) is 11.4 Å². The normalized spacial score (nSPS) is 14.0. The highest BCUT2D eigenvalue weighted by Crippen LogP contribution is 2.24. The van der Waals surface area contributed by atoms with Gasteiger partial charge in [-0.1, -0.05) is 17.7 Å². The molecule has 0 saturated carbocycles. The third-order valence-electron chi connectivity index (χ3n) is 3.19. The van der Waals surface area contributed by atoms with Crippen molar-refractivity contribution >= 4 is 45.7 Å². The highest BCUT2D eigenvalue weighted by atomic mass is 35.5. The van der Waals surface area contributed by atoms with Gasteiger partial charge in [0.15, 0.2) is 10.9 Å². The van der Waals surface area contributed by atoms with Gasteiger partial charge < -0.3 is 10.6 Å². The number of rotatable bonds is 4. The molecule has 2 heterocycles. The van der Waals surface area contributed by atoms with Gasteiger partial charge in [0.2, 0.25) is 5.91 Å². The van der Waals surface area contributed by atoms with Crippen LogP contribution >= 0.6 is 22.9 Å². The van der Waals surface area contributed by atoms with E-state index in [1.807, 2.05) is 0 Å². The number of hydrogen-bond acceptors (Lipinski definition) is 4. The number of thiazole rings is 1. The number of anilines is 2. The molecule has 6 nitrogen and oxygen atoms in total. The van der Waals surface area contributed by atoms with Crippen LogP contribution in [0.2, 0.25) is 5.02 Å². The lowest BCUT2D eigenvalue weighted by Crippen LogP contribution is -2.27. The number of amides is 3. The molecule has 1 fully saturated rings. The number of carbonyl (C=O) groups is 2. The molecule has 2 N–H and O–H groups in total. The summed E-state index contributed by atoms with van der Waals surface area (Å²) in [6.07, 6.45) is -0.0160. The second-order valence-corrected chi connectivity index (χ2v) is 6.08. The molecule has 0 radical (unpaired) electrons. The van der Waals surface area contributed by atoms with Crippen molar-refractivity contribution < 1.29 is 14.0 Å². The fourth-order valence-corrected chi connectivity index (χ4v) is 3.14. The fourth-order valence-electron chi connectivity index (χ4n) is 2.11. The second kappa shape index (κ2) is 6.51. The summed E-state index contributed by atoms with van der Waals surface area (Å²) in [5.41, 5.74) is 0.543. The number of urea groups is 1. The van der Waals surface area contributed by atoms with Crippen LogP contribution in [0, 0.1) is 5.82 Å². The van der Waals surface area contributed by atoms with Gasteiger partial charge in [0.1, 0.15) is 0 Å². The molecule has 2 aromatic rings. The van der Waals surface area contributed by atoms with Crippen molar-refractivity contribution in [1.82, 2.24) is 10.3 Å². The molecule has 3 amide bonds. The van der Waals surface area contributed by atoms with Crippen LogP contribution in [0.15, 0.2) is 23.6 Å². The van der Waals surface area contributed by atoms with Crippen molar-refractivity contribution in [2.45, 2.75) is 6.42 Å². The van der Waals surface area contributed by atoms with E-state index < -0.39 is 11.7 Å². The maximum atomic E-state index is 13.7. The Balaban J connectivity index is 1.65. The van der Waals surface area contributed by atoms with Gasteiger partial charge in [-0.2, -0.15) is 0 Å². The molecule has 120 valence electrons. The minimum atomic E-state index is -0.671. The first-order chi connectivity index (χ1) is 11.0. The molecule has 9 heteroatoms. The first kappa shape index (κ1) is 15.7. The van der Waals surface area contributed by atoms with Crippen molar-refractivity contribution in [3.63, 3.8) is 0 Å². The van der Waals surface area contributed by atoms with Crippen molar-refractivity contribution in [2.75, 3.05) is 23.3 Å². The predicted octanol–water partition coefficient (Wildman–Crippen LogP) is 2.65. The van der Waals surface area contributed by atoms with E-state index in [9.17, 15) is 14.0 Å². The van der Waals surface area contributed by atoms with E-state index in [-0.39, 0.29) is 23.2 Å². The summed E-state index contributed by atoms with van der Waals surface area (Å²) in [5, 5.41) is 7.33. The van der Waals surface area contributed by atoms with Gasteiger partial charge in [0.25, 0.3) is 0 Å². The van der Waals surface area contributed by atoms with Crippen LogP contribution in [-0.4, -0.2) is 30.0 Å². The highest BCUT2D eigenvalue weighted by Gasteiger charge is 2.24. The Morgan fingerprint density at radius 3 is 3.09 bits per heavy atom. The van der Waals surface area contributed by atoms with Gasteiger partial charge in [-0.3, -0.25) is 9.69 Å². The summed E-state index contributed by atoms with van der Waals surface area (Å²) in [7, 11) is 0. The number of benzene rings is 1. The van der Waals surface area contributed by atoms with E-state index in [0.717, 1.165) is 0 Å². The zero-order valence-corrected chi connectivity index (χ0v) is 13.4. The van der Waals surface area contributed by atoms with E-state index in [2.05, 4.69) is 15.6 Å². The van der Waals surface area contributed by atoms with Crippen molar-refractivity contribution in [3.8, 4) is 0 Å². The average Bonchev–Trinajstić information content (AvgIpc) is 3.12. The lowest BCUT2D eigenvalue weighted by atomic mass is 10.2. The quantitative estimate of drug-likeness (QED) is 0.886. The molecular weight excluding hydrogens is 343 g/mol. The largest absolute Gasteiger partial charge is 0.336 e. The lowest BCUT2D eigenvalue weighted by molar-refractivity contribution is -0.115. The van der Waals surface area contributed by atoms with E-state index in [1.165, 1.54) is 28.4 Å². The van der Waals surface area contributed by atoms with E-state index >= 15 is 0 Å². The van der Waals surface area contributed by atoms with Crippen LogP contribution in [0.4, 0.5) is 20.0 Å². The Kier molecular flexibility index (Phi) is 4.44. The topological polar surface area (TPSA) is 74.3 Å². The Hall–Kier alpha value is -2.19. The molecular formula is C14H12ClFN4O2S. The second-order valence-electron chi connectivity index (χ2n) is 4.83. The highest BCUT2D eigenvalue weighted by molar-refractivity contribution is 7.14. The van der Waals surface area contributed by atoms with Crippen molar-refractivity contribution in [3.05, 3.63) is 40.1 Å². The first-order valence-corrected chi connectivity index (χ1v) is 8.04. The smallest absolute Gasteiger partial charge is 0.323 e. The maximum Gasteiger partial charge on any atom is 0.323 e. The average molecular weight is 355 g/mol. The predicted molar refractivity (Wildman–Crippen MR) is 86.6 cm³/mol. The molecule has 23 heavy (non-hydrogen) atoms. The monoisotopic (exact) mass is 354 g/mol. The Bertz CT molecular complexity index is 767. The minimum Gasteiger partial charge on any atom is -0.336 e. The molecule has 1 aliphatic heterocycles. The van der Waals surface area contributed by atoms with E-state index in [0.29, 0.717) is 23.9 Å². The molecule has 3 rings (SSSR count). The Morgan fingerprint density at radius 1 is 1.52 bits per heavy atom. The zero-order chi connectivity index (χ0) is 16.4. The molecule has 1 aromatic heterocycles. The molecule has 0 unspecified atom stereocenters. The summed E-state index contributed by atoms with van der Waals surface area (Å²) in [5.74, 6) is -1.08. The number of aromatic nitrogens is 1. The number of halogens is 2. The van der Waals surface area contributed by atoms with Crippen LogP contribution in [-0.2, 0) is 11.2 Å². The molecule has 0 atom stereocenters. The maximum absolute atomic E-state index is 13.7. The van der Waals surface area contributed by atoms with Gasteiger partial charge in [-0.15, -0.1) is 11.3 Å². The SMILES string of the molecule is O=C(Cc1csc(N2CCNC2=O)n1)Nc1cccc(Cl)c1F. The molecule has 0 aliphatic carbocycles. The third-order valence-corrected chi connectivity index (χ3v) is 4.40. The van der Waals surface area contributed by atoms with Crippen LogP contribution in [0.5, 0.6) is 0 Å². The standard InChI is InChI=1S/C14H12ClFN4O2S/c15-9-2-1-3-10(12(9)16)19-11(21)6-8-7-23-14(18-8)20-5-4-17-13(20)22/h1-3,7H,4-6H2,(H,17,22)(H,19,21). The van der Waals surface area contributed by atoms with Crippen molar-refractivity contribution in [1.29, 1.82) is 0 Å². The van der Waals surface area contributed by atoms with Gasteiger partial charge in [-0.05, 0) is 12.1 Å². The van der Waals surface area contributed by atoms with Gasteiger partial charge >= 0.3 is 6.03 Å². The lowest BCUT2D eigenvalue weighted by Gasteiger charge is -2.08. The number of nitrogens with one attached hydrogen (secondary N) is 2. The molecule has 1 saturated heterocycles. The van der Waals surface area contributed by atoms with Crippen LogP contribution in [0.25, 0.3) is 0 Å². The minimum absolute atomic E-state index is 0.0160. The zero-order valence-electron chi connectivity index (χ0n) is 11.8. The molecule has 0 spiro atoms. The summed E-state index contributed by atoms with van der Waals surface area (Å²) in [6.45, 7) is 1.12. The van der Waals surface area contributed by atoms with Crippen LogP contribution < -0.4 is 15.5 Å². The summed E-state index contributed by atoms with van der Waals surface area (Å²) < 4.78 is 13.7. The van der Waals surface area contributed by atoms with E-state index in [4.69, 9.17) is 11.6 Å². The molecule has 1 aliphatic rings. The summed E-state index contributed by atoms with van der Waals surface area (Å²) in [4.78, 5) is 29.3.